The second kappa shape index (κ2) is 4.29. The van der Waals surface area contributed by atoms with E-state index in [-0.39, 0.29) is 10.6 Å². The molecule has 0 N–H and O–H groups in total. The maximum absolute atomic E-state index is 13.0. The quantitative estimate of drug-likeness (QED) is 0.631. The van der Waals surface area contributed by atoms with Crippen molar-refractivity contribution in [1.82, 2.24) is 9.78 Å². The van der Waals surface area contributed by atoms with E-state index < -0.39 is 26.5 Å². The molecule has 2 rings (SSSR count). The molecule has 0 saturated heterocycles. The largest absolute Gasteiger partial charge is 0.264 e. The summed E-state index contributed by atoms with van der Waals surface area (Å²) in [5, 5.41) is 3.56. The van der Waals surface area contributed by atoms with Crippen LogP contribution in [0, 0.1) is 17.5 Å². The van der Waals surface area contributed by atoms with Gasteiger partial charge in [-0.25, -0.2) is 26.3 Å². The zero-order chi connectivity index (χ0) is 13.5. The molecule has 0 atom stereocenters. The van der Waals surface area contributed by atoms with Crippen LogP contribution in [0.25, 0.3) is 5.69 Å². The van der Waals surface area contributed by atoms with Crippen LogP contribution in [0.5, 0.6) is 0 Å². The third-order valence-electron chi connectivity index (χ3n) is 2.07. The standard InChI is InChI=1S/C9H4ClF3N2O2S/c10-18(16,17)6-3-14-15(4-6)5-1-7(11)9(13)8(12)2-5/h1-4H. The smallest absolute Gasteiger partial charge is 0.239 e. The molecule has 1 heterocycles. The van der Waals surface area contributed by atoms with E-state index in [1.807, 2.05) is 0 Å². The van der Waals surface area contributed by atoms with Crippen LogP contribution in [-0.2, 0) is 9.05 Å². The van der Waals surface area contributed by atoms with Gasteiger partial charge in [0.15, 0.2) is 17.5 Å². The molecule has 0 spiro atoms. The highest BCUT2D eigenvalue weighted by Crippen LogP contribution is 2.19. The van der Waals surface area contributed by atoms with Gasteiger partial charge in [-0.05, 0) is 0 Å². The minimum absolute atomic E-state index is 0.169. The Kier molecular flexibility index (Phi) is 3.07. The summed E-state index contributed by atoms with van der Waals surface area (Å²) in [6, 6.07) is 1.35. The lowest BCUT2D eigenvalue weighted by Crippen LogP contribution is -1.99. The fourth-order valence-corrected chi connectivity index (χ4v) is 1.89. The van der Waals surface area contributed by atoms with Crippen LogP contribution >= 0.6 is 10.7 Å². The number of hydrogen-bond acceptors (Lipinski definition) is 3. The molecule has 0 unspecified atom stereocenters. The average molecular weight is 297 g/mol. The molecule has 0 radical (unpaired) electrons. The van der Waals surface area contributed by atoms with Crippen LogP contribution in [0.15, 0.2) is 29.4 Å². The first-order valence-electron chi connectivity index (χ1n) is 4.43. The van der Waals surface area contributed by atoms with E-state index in [1.54, 1.807) is 0 Å². The summed E-state index contributed by atoms with van der Waals surface area (Å²) in [5.41, 5.74) is -0.169. The second-order valence-corrected chi connectivity index (χ2v) is 5.85. The number of rotatable bonds is 2. The van der Waals surface area contributed by atoms with E-state index in [1.165, 1.54) is 0 Å². The fraction of sp³-hybridized carbons (Fsp3) is 0. The molecular formula is C9H4ClF3N2O2S. The van der Waals surface area contributed by atoms with E-state index in [0.29, 0.717) is 12.1 Å². The first kappa shape index (κ1) is 12.9. The van der Waals surface area contributed by atoms with Crippen LogP contribution in [0.3, 0.4) is 0 Å². The van der Waals surface area contributed by atoms with E-state index in [2.05, 4.69) is 5.10 Å². The minimum Gasteiger partial charge on any atom is -0.239 e. The molecule has 96 valence electrons. The van der Waals surface area contributed by atoms with Gasteiger partial charge in [0.25, 0.3) is 9.05 Å². The van der Waals surface area contributed by atoms with Crippen molar-refractivity contribution in [3.05, 3.63) is 42.0 Å². The van der Waals surface area contributed by atoms with Gasteiger partial charge in [0.05, 0.1) is 18.1 Å². The Balaban J connectivity index is 2.53. The van der Waals surface area contributed by atoms with Gasteiger partial charge in [0, 0.05) is 22.8 Å². The molecular weight excluding hydrogens is 293 g/mol. The highest BCUT2D eigenvalue weighted by atomic mass is 35.7. The third-order valence-corrected chi connectivity index (χ3v) is 3.38. The Hall–Kier alpha value is -1.54. The molecule has 1 aromatic heterocycles. The summed E-state index contributed by atoms with van der Waals surface area (Å²) in [5.74, 6) is -4.43. The van der Waals surface area contributed by atoms with Crippen LogP contribution in [0.2, 0.25) is 0 Å². The van der Waals surface area contributed by atoms with E-state index >= 15 is 0 Å². The lowest BCUT2D eigenvalue weighted by atomic mass is 10.3. The van der Waals surface area contributed by atoms with Gasteiger partial charge in [0.1, 0.15) is 4.90 Å². The Morgan fingerprint density at radius 3 is 2.17 bits per heavy atom. The van der Waals surface area contributed by atoms with E-state index in [0.717, 1.165) is 17.1 Å². The summed E-state index contributed by atoms with van der Waals surface area (Å²) < 4.78 is 61.5. The summed E-state index contributed by atoms with van der Waals surface area (Å²) >= 11 is 0. The van der Waals surface area contributed by atoms with Gasteiger partial charge >= 0.3 is 0 Å². The van der Waals surface area contributed by atoms with Crippen molar-refractivity contribution in [2.45, 2.75) is 4.90 Å². The molecule has 0 amide bonds. The lowest BCUT2D eigenvalue weighted by molar-refractivity contribution is 0.446. The molecule has 0 bridgehead atoms. The van der Waals surface area contributed by atoms with Crippen molar-refractivity contribution in [2.75, 3.05) is 0 Å². The van der Waals surface area contributed by atoms with Crippen molar-refractivity contribution in [2.24, 2.45) is 0 Å². The SMILES string of the molecule is O=S(=O)(Cl)c1cnn(-c2cc(F)c(F)c(F)c2)c1. The minimum atomic E-state index is -3.99. The summed E-state index contributed by atoms with van der Waals surface area (Å²) in [7, 11) is 1.07. The molecule has 0 aliphatic heterocycles. The summed E-state index contributed by atoms with van der Waals surface area (Å²) in [6.45, 7) is 0. The van der Waals surface area contributed by atoms with Crippen molar-refractivity contribution in [3.8, 4) is 5.69 Å². The van der Waals surface area contributed by atoms with Gasteiger partial charge in [-0.2, -0.15) is 5.10 Å². The fourth-order valence-electron chi connectivity index (χ4n) is 1.25. The van der Waals surface area contributed by atoms with E-state index in [4.69, 9.17) is 10.7 Å². The predicted octanol–water partition coefficient (Wildman–Crippen LogP) is 2.22. The number of benzene rings is 1. The molecule has 4 nitrogen and oxygen atoms in total. The van der Waals surface area contributed by atoms with E-state index in [9.17, 15) is 21.6 Å². The Morgan fingerprint density at radius 1 is 1.17 bits per heavy atom. The van der Waals surface area contributed by atoms with Crippen LogP contribution in [0.1, 0.15) is 0 Å². The van der Waals surface area contributed by atoms with Gasteiger partial charge in [-0.1, -0.05) is 0 Å². The molecule has 0 aliphatic carbocycles. The molecule has 0 saturated carbocycles. The summed E-state index contributed by atoms with van der Waals surface area (Å²) in [4.78, 5) is -0.339. The zero-order valence-corrected chi connectivity index (χ0v) is 10.0. The van der Waals surface area contributed by atoms with Crippen LogP contribution in [0.4, 0.5) is 13.2 Å². The zero-order valence-electron chi connectivity index (χ0n) is 8.44. The topological polar surface area (TPSA) is 52.0 Å². The van der Waals surface area contributed by atoms with Gasteiger partial charge in [-0.15, -0.1) is 0 Å². The highest BCUT2D eigenvalue weighted by Gasteiger charge is 2.16. The number of halogens is 4. The van der Waals surface area contributed by atoms with Crippen molar-refractivity contribution in [1.29, 1.82) is 0 Å². The highest BCUT2D eigenvalue weighted by molar-refractivity contribution is 8.13. The van der Waals surface area contributed by atoms with Crippen molar-refractivity contribution in [3.63, 3.8) is 0 Å². The van der Waals surface area contributed by atoms with Crippen LogP contribution < -0.4 is 0 Å². The molecule has 0 aliphatic rings. The Morgan fingerprint density at radius 2 is 1.72 bits per heavy atom. The van der Waals surface area contributed by atoms with Gasteiger partial charge in [0.2, 0.25) is 0 Å². The first-order chi connectivity index (χ1) is 8.29. The van der Waals surface area contributed by atoms with Gasteiger partial charge in [-0.3, -0.25) is 0 Å². The molecule has 9 heteroatoms. The summed E-state index contributed by atoms with van der Waals surface area (Å²) in [6.07, 6.45) is 1.86. The molecule has 1 aromatic carbocycles. The number of nitrogens with zero attached hydrogens (tertiary/aromatic N) is 2. The average Bonchev–Trinajstić information content (AvgIpc) is 2.73. The van der Waals surface area contributed by atoms with Crippen LogP contribution in [-0.4, -0.2) is 18.2 Å². The van der Waals surface area contributed by atoms with Crippen molar-refractivity contribution >= 4 is 19.7 Å². The molecule has 0 fully saturated rings. The van der Waals surface area contributed by atoms with Gasteiger partial charge < -0.3 is 0 Å². The predicted molar refractivity (Wildman–Crippen MR) is 56.5 cm³/mol. The Labute approximate surface area is 104 Å². The lowest BCUT2D eigenvalue weighted by Gasteiger charge is -2.02. The first-order valence-corrected chi connectivity index (χ1v) is 6.74. The maximum Gasteiger partial charge on any atom is 0.264 e. The molecule has 18 heavy (non-hydrogen) atoms. The Bertz CT molecular complexity index is 691. The number of aromatic nitrogens is 2. The van der Waals surface area contributed by atoms with Crippen molar-refractivity contribution < 1.29 is 21.6 Å². The maximum atomic E-state index is 13.0. The number of hydrogen-bond donors (Lipinski definition) is 0. The normalized spacial score (nSPS) is 11.8. The molecule has 2 aromatic rings. The third kappa shape index (κ3) is 2.34. The monoisotopic (exact) mass is 296 g/mol. The second-order valence-electron chi connectivity index (χ2n) is 3.28.